The lowest BCUT2D eigenvalue weighted by Gasteiger charge is -2.31. The molecule has 0 bridgehead atoms. The maximum absolute atomic E-state index is 13.0. The summed E-state index contributed by atoms with van der Waals surface area (Å²) in [5.41, 5.74) is 3.67. The van der Waals surface area contributed by atoms with Gasteiger partial charge in [0.2, 0.25) is 5.91 Å². The minimum absolute atomic E-state index is 0.0427. The van der Waals surface area contributed by atoms with E-state index in [1.165, 1.54) is 0 Å². The molecule has 3 unspecified atom stereocenters. The Bertz CT molecular complexity index is 1040. The first-order valence-corrected chi connectivity index (χ1v) is 12.2. The van der Waals surface area contributed by atoms with Crippen LogP contribution >= 0.6 is 0 Å². The molecule has 35 heavy (non-hydrogen) atoms. The number of rotatable bonds is 10. The number of fused-ring (bicyclic) bond motifs is 3. The zero-order chi connectivity index (χ0) is 25.8. The number of hydrogen-bond donors (Lipinski definition) is 3. The SMILES string of the molecule is CCC(C)(CNC(=O)OCC1c2ccccc2-c2ccccc21)C(=O)NC(C)C(C(=O)O)C(C)C. The minimum Gasteiger partial charge on any atom is -0.481 e. The molecule has 2 amide bonds. The zero-order valence-electron chi connectivity index (χ0n) is 21.1. The van der Waals surface area contributed by atoms with Gasteiger partial charge >= 0.3 is 12.1 Å². The topological polar surface area (TPSA) is 105 Å². The smallest absolute Gasteiger partial charge is 0.407 e. The van der Waals surface area contributed by atoms with Gasteiger partial charge in [0.1, 0.15) is 6.61 Å². The van der Waals surface area contributed by atoms with Crippen LogP contribution in [0.1, 0.15) is 58.1 Å². The molecule has 3 N–H and O–H groups in total. The van der Waals surface area contributed by atoms with Crippen LogP contribution in [0.15, 0.2) is 48.5 Å². The Morgan fingerprint density at radius 1 is 1.00 bits per heavy atom. The van der Waals surface area contributed by atoms with Gasteiger partial charge in [-0.2, -0.15) is 0 Å². The van der Waals surface area contributed by atoms with Crippen molar-refractivity contribution in [2.45, 2.75) is 53.0 Å². The predicted octanol–water partition coefficient (Wildman–Crippen LogP) is 4.80. The van der Waals surface area contributed by atoms with Crippen LogP contribution in [-0.2, 0) is 14.3 Å². The fourth-order valence-corrected chi connectivity index (χ4v) is 4.83. The number of alkyl carbamates (subject to hydrolysis) is 1. The predicted molar refractivity (Wildman–Crippen MR) is 135 cm³/mol. The van der Waals surface area contributed by atoms with Crippen molar-refractivity contribution < 1.29 is 24.2 Å². The van der Waals surface area contributed by atoms with E-state index in [-0.39, 0.29) is 30.9 Å². The molecule has 0 spiro atoms. The van der Waals surface area contributed by atoms with Crippen LogP contribution in [-0.4, -0.2) is 42.3 Å². The number of carboxylic acids is 1. The molecule has 0 radical (unpaired) electrons. The zero-order valence-corrected chi connectivity index (χ0v) is 21.1. The number of amides is 2. The maximum atomic E-state index is 13.0. The van der Waals surface area contributed by atoms with E-state index < -0.39 is 29.4 Å². The van der Waals surface area contributed by atoms with Crippen LogP contribution in [0.5, 0.6) is 0 Å². The largest absolute Gasteiger partial charge is 0.481 e. The van der Waals surface area contributed by atoms with Crippen molar-refractivity contribution in [3.63, 3.8) is 0 Å². The molecule has 0 saturated heterocycles. The van der Waals surface area contributed by atoms with E-state index in [9.17, 15) is 19.5 Å². The Morgan fingerprint density at radius 2 is 1.54 bits per heavy atom. The quantitative estimate of drug-likeness (QED) is 0.453. The van der Waals surface area contributed by atoms with Crippen LogP contribution in [0.4, 0.5) is 4.79 Å². The molecule has 0 fully saturated rings. The molecule has 3 rings (SSSR count). The van der Waals surface area contributed by atoms with E-state index in [0.29, 0.717) is 6.42 Å². The second kappa shape index (κ2) is 10.9. The number of carbonyl (C=O) groups excluding carboxylic acids is 2. The van der Waals surface area contributed by atoms with Crippen molar-refractivity contribution in [1.29, 1.82) is 0 Å². The lowest BCUT2D eigenvalue weighted by molar-refractivity contribution is -0.145. The average Bonchev–Trinajstić information content (AvgIpc) is 3.14. The van der Waals surface area contributed by atoms with Gasteiger partial charge in [0.25, 0.3) is 0 Å². The molecule has 0 saturated carbocycles. The van der Waals surface area contributed by atoms with Gasteiger partial charge in [-0.25, -0.2) is 4.79 Å². The monoisotopic (exact) mass is 480 g/mol. The average molecular weight is 481 g/mol. The van der Waals surface area contributed by atoms with Crippen molar-refractivity contribution in [3.05, 3.63) is 59.7 Å². The Kier molecular flexibility index (Phi) is 8.20. The number of hydrogen-bond acceptors (Lipinski definition) is 4. The summed E-state index contributed by atoms with van der Waals surface area (Å²) in [6.45, 7) is 9.23. The van der Waals surface area contributed by atoms with Gasteiger partial charge in [-0.1, -0.05) is 69.3 Å². The molecular weight excluding hydrogens is 444 g/mol. The molecule has 1 aliphatic carbocycles. The molecule has 0 heterocycles. The van der Waals surface area contributed by atoms with E-state index >= 15 is 0 Å². The molecule has 7 heteroatoms. The highest BCUT2D eigenvalue weighted by molar-refractivity contribution is 5.84. The van der Waals surface area contributed by atoms with E-state index in [1.54, 1.807) is 13.8 Å². The van der Waals surface area contributed by atoms with Crippen molar-refractivity contribution in [2.24, 2.45) is 17.3 Å². The van der Waals surface area contributed by atoms with Crippen molar-refractivity contribution in [2.75, 3.05) is 13.2 Å². The summed E-state index contributed by atoms with van der Waals surface area (Å²) in [6, 6.07) is 15.7. The summed E-state index contributed by atoms with van der Waals surface area (Å²) in [5.74, 6) is -2.11. The Balaban J connectivity index is 1.59. The third-order valence-corrected chi connectivity index (χ3v) is 7.20. The first-order chi connectivity index (χ1) is 16.6. The van der Waals surface area contributed by atoms with E-state index in [2.05, 4.69) is 34.9 Å². The number of aliphatic carboxylic acids is 1. The molecule has 7 nitrogen and oxygen atoms in total. The lowest BCUT2D eigenvalue weighted by Crippen LogP contribution is -2.52. The van der Waals surface area contributed by atoms with Crippen molar-refractivity contribution >= 4 is 18.0 Å². The van der Waals surface area contributed by atoms with Gasteiger partial charge in [0.05, 0.1) is 11.3 Å². The fraction of sp³-hybridized carbons (Fsp3) is 0.464. The molecule has 1 aliphatic rings. The maximum Gasteiger partial charge on any atom is 0.407 e. The van der Waals surface area contributed by atoms with Gasteiger partial charge in [-0.3, -0.25) is 9.59 Å². The third-order valence-electron chi connectivity index (χ3n) is 7.20. The fourth-order valence-electron chi connectivity index (χ4n) is 4.83. The van der Waals surface area contributed by atoms with Crippen LogP contribution < -0.4 is 10.6 Å². The first-order valence-electron chi connectivity index (χ1n) is 12.2. The number of benzene rings is 2. The second-order valence-corrected chi connectivity index (χ2v) is 9.96. The molecule has 0 aliphatic heterocycles. The molecule has 2 aromatic rings. The number of nitrogens with one attached hydrogen (secondary N) is 2. The van der Waals surface area contributed by atoms with Gasteiger partial charge < -0.3 is 20.5 Å². The molecular formula is C28H36N2O5. The van der Waals surface area contributed by atoms with Crippen molar-refractivity contribution in [3.8, 4) is 11.1 Å². The van der Waals surface area contributed by atoms with Crippen LogP contribution in [0.2, 0.25) is 0 Å². The Labute approximate surface area is 207 Å². The van der Waals surface area contributed by atoms with Gasteiger partial charge in [0.15, 0.2) is 0 Å². The normalized spacial score (nSPS) is 15.9. The number of ether oxygens (including phenoxy) is 1. The van der Waals surface area contributed by atoms with Crippen molar-refractivity contribution in [1.82, 2.24) is 10.6 Å². The number of carbonyl (C=O) groups is 3. The van der Waals surface area contributed by atoms with E-state index in [4.69, 9.17) is 4.74 Å². The summed E-state index contributed by atoms with van der Waals surface area (Å²) in [6.07, 6.45) is -0.118. The lowest BCUT2D eigenvalue weighted by atomic mass is 9.84. The highest BCUT2D eigenvalue weighted by Gasteiger charge is 2.36. The highest BCUT2D eigenvalue weighted by atomic mass is 16.5. The third kappa shape index (κ3) is 5.66. The second-order valence-electron chi connectivity index (χ2n) is 9.96. The summed E-state index contributed by atoms with van der Waals surface area (Å²) >= 11 is 0. The minimum atomic E-state index is -0.942. The molecule has 188 valence electrons. The van der Waals surface area contributed by atoms with E-state index in [1.807, 2.05) is 45.0 Å². The molecule has 0 aromatic heterocycles. The summed E-state index contributed by atoms with van der Waals surface area (Å²) in [7, 11) is 0. The van der Waals surface area contributed by atoms with Gasteiger partial charge in [-0.05, 0) is 48.4 Å². The molecule has 3 atom stereocenters. The highest BCUT2D eigenvalue weighted by Crippen LogP contribution is 2.44. The summed E-state index contributed by atoms with van der Waals surface area (Å²) in [4.78, 5) is 37.2. The standard InChI is InChI=1S/C28H36N2O5/c1-6-28(5,26(33)30-18(4)24(17(2)3)25(31)32)16-29-27(34)35-15-23-21-13-9-7-11-19(21)20-12-8-10-14-22(20)23/h7-14,17-18,23-24H,6,15-16H2,1-5H3,(H,29,34)(H,30,33)(H,31,32). The Morgan fingerprint density at radius 3 is 2.03 bits per heavy atom. The van der Waals surface area contributed by atoms with Gasteiger partial charge in [0, 0.05) is 18.5 Å². The van der Waals surface area contributed by atoms with Crippen LogP contribution in [0.25, 0.3) is 11.1 Å². The van der Waals surface area contributed by atoms with Crippen LogP contribution in [0, 0.1) is 17.3 Å². The van der Waals surface area contributed by atoms with Crippen LogP contribution in [0.3, 0.4) is 0 Å². The Hall–Kier alpha value is -3.35. The van der Waals surface area contributed by atoms with E-state index in [0.717, 1.165) is 22.3 Å². The number of carboxylic acid groups (broad SMARTS) is 1. The van der Waals surface area contributed by atoms with Gasteiger partial charge in [-0.15, -0.1) is 0 Å². The first kappa shape index (κ1) is 26.3. The molecule has 2 aromatic carbocycles. The summed E-state index contributed by atoms with van der Waals surface area (Å²) in [5, 5.41) is 15.1. The summed E-state index contributed by atoms with van der Waals surface area (Å²) < 4.78 is 5.58.